The largest absolute Gasteiger partial charge is 0.471 e. The van der Waals surface area contributed by atoms with E-state index < -0.39 is 10.5 Å². The maximum atomic E-state index is 11.2. The van der Waals surface area contributed by atoms with Gasteiger partial charge in [0.25, 0.3) is 5.88 Å². The van der Waals surface area contributed by atoms with Crippen molar-refractivity contribution in [3.8, 4) is 5.88 Å². The highest BCUT2D eigenvalue weighted by Crippen LogP contribution is 2.31. The third-order valence-corrected chi connectivity index (χ3v) is 3.57. The maximum Gasteiger partial charge on any atom is 0.353 e. The van der Waals surface area contributed by atoms with Crippen LogP contribution in [0, 0.1) is 17.0 Å². The molecule has 1 heterocycles. The van der Waals surface area contributed by atoms with Gasteiger partial charge in [0.15, 0.2) is 0 Å². The van der Waals surface area contributed by atoms with Gasteiger partial charge in [0.1, 0.15) is 12.3 Å². The molecule has 0 aliphatic heterocycles. The lowest BCUT2D eigenvalue weighted by Gasteiger charge is -2.26. The first-order valence-electron chi connectivity index (χ1n) is 7.02. The standard InChI is InChI=1S/C13H24N4O3/c1-5-8-16-12(11(17(18)19)10(4)15-16)20-9-13(14,6-2)7-3/h5-9,14H2,1-4H3. The van der Waals surface area contributed by atoms with Gasteiger partial charge in [-0.15, -0.1) is 0 Å². The minimum absolute atomic E-state index is 0.0620. The molecular weight excluding hydrogens is 260 g/mol. The normalized spacial score (nSPS) is 11.7. The minimum atomic E-state index is -0.469. The van der Waals surface area contributed by atoms with Gasteiger partial charge in [-0.1, -0.05) is 20.8 Å². The third-order valence-electron chi connectivity index (χ3n) is 3.57. The number of ether oxygens (including phenoxy) is 1. The molecule has 0 fully saturated rings. The molecule has 7 nitrogen and oxygen atoms in total. The quantitative estimate of drug-likeness (QED) is 0.584. The smallest absolute Gasteiger partial charge is 0.353 e. The van der Waals surface area contributed by atoms with Gasteiger partial charge >= 0.3 is 5.69 Å². The van der Waals surface area contributed by atoms with Crippen LogP contribution in [0.2, 0.25) is 0 Å². The summed E-state index contributed by atoms with van der Waals surface area (Å²) in [5, 5.41) is 15.3. The fourth-order valence-electron chi connectivity index (χ4n) is 1.93. The van der Waals surface area contributed by atoms with Crippen LogP contribution < -0.4 is 10.5 Å². The molecule has 1 aromatic rings. The molecule has 0 radical (unpaired) electrons. The van der Waals surface area contributed by atoms with Crippen LogP contribution >= 0.6 is 0 Å². The zero-order chi connectivity index (χ0) is 15.3. The van der Waals surface area contributed by atoms with E-state index in [1.165, 1.54) is 0 Å². The van der Waals surface area contributed by atoms with Gasteiger partial charge in [-0.3, -0.25) is 10.1 Å². The van der Waals surface area contributed by atoms with Crippen LogP contribution in [-0.2, 0) is 6.54 Å². The fraction of sp³-hybridized carbons (Fsp3) is 0.769. The van der Waals surface area contributed by atoms with Crippen LogP contribution in [-0.4, -0.2) is 26.8 Å². The molecule has 0 aliphatic carbocycles. The Bertz CT molecular complexity index is 466. The molecule has 0 atom stereocenters. The topological polar surface area (TPSA) is 96.2 Å². The lowest BCUT2D eigenvalue weighted by Crippen LogP contribution is -2.44. The van der Waals surface area contributed by atoms with E-state index in [9.17, 15) is 10.1 Å². The number of hydrogen-bond acceptors (Lipinski definition) is 5. The number of aromatic nitrogens is 2. The van der Waals surface area contributed by atoms with Gasteiger partial charge in [0.05, 0.1) is 4.92 Å². The number of nitrogens with zero attached hydrogens (tertiary/aromatic N) is 3. The zero-order valence-electron chi connectivity index (χ0n) is 12.7. The molecule has 0 bridgehead atoms. The zero-order valence-corrected chi connectivity index (χ0v) is 12.7. The molecule has 0 saturated carbocycles. The van der Waals surface area contributed by atoms with Crippen molar-refractivity contribution in [3.05, 3.63) is 15.8 Å². The Morgan fingerprint density at radius 1 is 1.40 bits per heavy atom. The molecule has 7 heteroatoms. The second kappa shape index (κ2) is 6.69. The highest BCUT2D eigenvalue weighted by molar-refractivity contribution is 5.45. The number of hydrogen-bond donors (Lipinski definition) is 1. The Morgan fingerprint density at radius 3 is 2.45 bits per heavy atom. The monoisotopic (exact) mass is 284 g/mol. The van der Waals surface area contributed by atoms with Gasteiger partial charge in [-0.25, -0.2) is 4.68 Å². The summed E-state index contributed by atoms with van der Waals surface area (Å²) in [5.74, 6) is 0.214. The van der Waals surface area contributed by atoms with Crippen molar-refractivity contribution >= 4 is 5.69 Å². The Kier molecular flexibility index (Phi) is 5.50. The third kappa shape index (κ3) is 3.47. The van der Waals surface area contributed by atoms with E-state index in [0.717, 1.165) is 19.3 Å². The Labute approximate surface area is 119 Å². The predicted molar refractivity (Wildman–Crippen MR) is 76.9 cm³/mol. The summed E-state index contributed by atoms with van der Waals surface area (Å²) in [6.45, 7) is 8.39. The first-order chi connectivity index (χ1) is 9.38. The predicted octanol–water partition coefficient (Wildman–Crippen LogP) is 2.41. The minimum Gasteiger partial charge on any atom is -0.471 e. The second-order valence-electron chi connectivity index (χ2n) is 5.08. The lowest BCUT2D eigenvalue weighted by atomic mass is 9.96. The maximum absolute atomic E-state index is 11.2. The Balaban J connectivity index is 3.05. The molecule has 0 aliphatic rings. The molecule has 0 amide bonds. The molecule has 1 aromatic heterocycles. The molecule has 0 aromatic carbocycles. The van der Waals surface area contributed by atoms with Crippen LogP contribution in [0.5, 0.6) is 5.88 Å². The average Bonchev–Trinajstić information content (AvgIpc) is 2.72. The van der Waals surface area contributed by atoms with Crippen molar-refractivity contribution in [2.75, 3.05) is 6.61 Å². The van der Waals surface area contributed by atoms with E-state index in [2.05, 4.69) is 5.10 Å². The van der Waals surface area contributed by atoms with Crippen molar-refractivity contribution < 1.29 is 9.66 Å². The number of nitro groups is 1. The molecule has 1 rings (SSSR count). The SMILES string of the molecule is CCCn1nc(C)c([N+](=O)[O-])c1OCC(N)(CC)CC. The van der Waals surface area contributed by atoms with Crippen molar-refractivity contribution in [2.45, 2.75) is 59.0 Å². The Morgan fingerprint density at radius 2 is 2.00 bits per heavy atom. The first-order valence-corrected chi connectivity index (χ1v) is 7.02. The fourth-order valence-corrected chi connectivity index (χ4v) is 1.93. The second-order valence-corrected chi connectivity index (χ2v) is 5.08. The van der Waals surface area contributed by atoms with E-state index >= 15 is 0 Å². The Hall–Kier alpha value is -1.63. The molecular formula is C13H24N4O3. The van der Waals surface area contributed by atoms with Crippen molar-refractivity contribution in [2.24, 2.45) is 5.73 Å². The van der Waals surface area contributed by atoms with Crippen LogP contribution in [0.4, 0.5) is 5.69 Å². The molecule has 20 heavy (non-hydrogen) atoms. The molecule has 0 unspecified atom stereocenters. The van der Waals surface area contributed by atoms with Crippen molar-refractivity contribution in [1.29, 1.82) is 0 Å². The van der Waals surface area contributed by atoms with E-state index in [-0.39, 0.29) is 18.2 Å². The lowest BCUT2D eigenvalue weighted by molar-refractivity contribution is -0.386. The molecule has 114 valence electrons. The van der Waals surface area contributed by atoms with Crippen molar-refractivity contribution in [3.63, 3.8) is 0 Å². The number of aryl methyl sites for hydroxylation is 2. The van der Waals surface area contributed by atoms with E-state index in [1.807, 2.05) is 20.8 Å². The van der Waals surface area contributed by atoms with Crippen LogP contribution in [0.15, 0.2) is 0 Å². The van der Waals surface area contributed by atoms with Crippen LogP contribution in [0.25, 0.3) is 0 Å². The molecule has 2 N–H and O–H groups in total. The van der Waals surface area contributed by atoms with Gasteiger partial charge in [0, 0.05) is 12.1 Å². The van der Waals surface area contributed by atoms with Gasteiger partial charge in [0.2, 0.25) is 0 Å². The summed E-state index contributed by atoms with van der Waals surface area (Å²) in [7, 11) is 0. The van der Waals surface area contributed by atoms with Gasteiger partial charge < -0.3 is 10.5 Å². The average molecular weight is 284 g/mol. The highest BCUT2D eigenvalue weighted by Gasteiger charge is 2.29. The summed E-state index contributed by atoms with van der Waals surface area (Å²) in [5.41, 5.74) is 6.02. The van der Waals surface area contributed by atoms with Crippen molar-refractivity contribution in [1.82, 2.24) is 9.78 Å². The van der Waals surface area contributed by atoms with Gasteiger partial charge in [-0.05, 0) is 26.2 Å². The first kappa shape index (κ1) is 16.4. The summed E-state index contributed by atoms with van der Waals surface area (Å²) in [6.07, 6.45) is 2.32. The van der Waals surface area contributed by atoms with Crippen LogP contribution in [0.1, 0.15) is 45.7 Å². The number of rotatable bonds is 8. The van der Waals surface area contributed by atoms with E-state index in [0.29, 0.717) is 12.2 Å². The van der Waals surface area contributed by atoms with Gasteiger partial charge in [-0.2, -0.15) is 5.10 Å². The van der Waals surface area contributed by atoms with E-state index in [1.54, 1.807) is 11.6 Å². The summed E-state index contributed by atoms with van der Waals surface area (Å²) < 4.78 is 7.24. The highest BCUT2D eigenvalue weighted by atomic mass is 16.6. The number of nitrogens with two attached hydrogens (primary N) is 1. The van der Waals surface area contributed by atoms with E-state index in [4.69, 9.17) is 10.5 Å². The molecule has 0 spiro atoms. The summed E-state index contributed by atoms with van der Waals surface area (Å²) in [4.78, 5) is 10.7. The summed E-state index contributed by atoms with van der Waals surface area (Å²) >= 11 is 0. The molecule has 0 saturated heterocycles. The summed E-state index contributed by atoms with van der Waals surface area (Å²) in [6, 6.07) is 0. The van der Waals surface area contributed by atoms with Crippen LogP contribution in [0.3, 0.4) is 0 Å².